The second-order valence-corrected chi connectivity index (χ2v) is 5.35. The molecule has 0 atom stereocenters. The average molecular weight is 239 g/mol. The first-order valence-electron chi connectivity index (χ1n) is 7.03. The summed E-state index contributed by atoms with van der Waals surface area (Å²) in [5.74, 6) is 0.215. The first-order chi connectivity index (χ1) is 8.28. The predicted octanol–water partition coefficient (Wildman–Crippen LogP) is 0.729. The van der Waals surface area contributed by atoms with E-state index in [9.17, 15) is 4.79 Å². The molecular formula is C13H25N3O. The molecule has 17 heavy (non-hydrogen) atoms. The van der Waals surface area contributed by atoms with Crippen LogP contribution in [-0.2, 0) is 4.79 Å². The van der Waals surface area contributed by atoms with E-state index in [1.165, 1.54) is 32.1 Å². The quantitative estimate of drug-likeness (QED) is 0.718. The minimum absolute atomic E-state index is 0.215. The van der Waals surface area contributed by atoms with Crippen LogP contribution in [0.1, 0.15) is 39.0 Å². The molecule has 0 aromatic heterocycles. The maximum Gasteiger partial charge on any atom is 0.234 e. The Morgan fingerprint density at radius 3 is 2.47 bits per heavy atom. The van der Waals surface area contributed by atoms with Crippen LogP contribution in [0.15, 0.2) is 0 Å². The van der Waals surface area contributed by atoms with Crippen molar-refractivity contribution in [2.75, 3.05) is 26.2 Å². The molecule has 1 heterocycles. The number of amides is 1. The minimum Gasteiger partial charge on any atom is -0.352 e. The summed E-state index contributed by atoms with van der Waals surface area (Å²) in [5, 5.41) is 6.61. The molecule has 2 N–H and O–H groups in total. The Hall–Kier alpha value is -0.610. The Bertz CT molecular complexity index is 245. The molecule has 1 saturated carbocycles. The maximum absolute atomic E-state index is 11.6. The molecule has 1 saturated heterocycles. The second kappa shape index (κ2) is 6.36. The van der Waals surface area contributed by atoms with Crippen LogP contribution in [0.2, 0.25) is 0 Å². The first kappa shape index (κ1) is 12.8. The summed E-state index contributed by atoms with van der Waals surface area (Å²) in [6.07, 6.45) is 5.90. The van der Waals surface area contributed by atoms with Crippen LogP contribution in [0.25, 0.3) is 0 Å². The largest absolute Gasteiger partial charge is 0.352 e. The normalized spacial score (nSPS) is 22.6. The van der Waals surface area contributed by atoms with Gasteiger partial charge < -0.3 is 10.6 Å². The molecule has 0 unspecified atom stereocenters. The summed E-state index contributed by atoms with van der Waals surface area (Å²) in [7, 11) is 0. The van der Waals surface area contributed by atoms with E-state index in [1.54, 1.807) is 0 Å². The third-order valence-corrected chi connectivity index (χ3v) is 3.58. The number of hydrogen-bond donors (Lipinski definition) is 2. The molecule has 4 nitrogen and oxygen atoms in total. The first-order valence-corrected chi connectivity index (χ1v) is 7.03. The zero-order valence-electron chi connectivity index (χ0n) is 10.9. The van der Waals surface area contributed by atoms with Crippen molar-refractivity contribution in [1.29, 1.82) is 0 Å². The topological polar surface area (TPSA) is 44.4 Å². The van der Waals surface area contributed by atoms with Gasteiger partial charge in [0.25, 0.3) is 0 Å². The number of rotatable bonds is 6. The summed E-state index contributed by atoms with van der Waals surface area (Å²) in [5.41, 5.74) is 0. The molecule has 2 aliphatic rings. The minimum atomic E-state index is 0.215. The van der Waals surface area contributed by atoms with Crippen LogP contribution in [0, 0.1) is 0 Å². The number of nitrogens with one attached hydrogen (secondary N) is 2. The highest BCUT2D eigenvalue weighted by molar-refractivity contribution is 5.78. The van der Waals surface area contributed by atoms with Gasteiger partial charge in [0.1, 0.15) is 0 Å². The molecule has 1 aliphatic carbocycles. The van der Waals surface area contributed by atoms with Crippen molar-refractivity contribution in [3.05, 3.63) is 0 Å². The molecule has 0 radical (unpaired) electrons. The lowest BCUT2D eigenvalue weighted by Crippen LogP contribution is -2.46. The summed E-state index contributed by atoms with van der Waals surface area (Å²) in [6.45, 7) is 6.02. The smallest absolute Gasteiger partial charge is 0.234 e. The van der Waals surface area contributed by atoms with E-state index >= 15 is 0 Å². The van der Waals surface area contributed by atoms with Crippen molar-refractivity contribution < 1.29 is 4.79 Å². The summed E-state index contributed by atoms with van der Waals surface area (Å²) >= 11 is 0. The fourth-order valence-electron chi connectivity index (χ4n) is 2.35. The summed E-state index contributed by atoms with van der Waals surface area (Å²) in [4.78, 5) is 13.9. The SMILES string of the molecule is CCCNC1CCN(CC(=O)NC2CC2)CC1. The highest BCUT2D eigenvalue weighted by atomic mass is 16.2. The third-order valence-electron chi connectivity index (χ3n) is 3.58. The summed E-state index contributed by atoms with van der Waals surface area (Å²) < 4.78 is 0. The Morgan fingerprint density at radius 1 is 1.18 bits per heavy atom. The van der Waals surface area contributed by atoms with Gasteiger partial charge in [0.2, 0.25) is 5.91 Å². The van der Waals surface area contributed by atoms with Crippen LogP contribution in [-0.4, -0.2) is 49.1 Å². The fourth-order valence-corrected chi connectivity index (χ4v) is 2.35. The molecule has 4 heteroatoms. The Kier molecular flexibility index (Phi) is 4.80. The van der Waals surface area contributed by atoms with Crippen LogP contribution in [0.4, 0.5) is 0 Å². The molecule has 0 aromatic carbocycles. The van der Waals surface area contributed by atoms with E-state index in [-0.39, 0.29) is 5.91 Å². The van der Waals surface area contributed by atoms with Crippen molar-refractivity contribution >= 4 is 5.91 Å². The second-order valence-electron chi connectivity index (χ2n) is 5.35. The number of carbonyl (C=O) groups excluding carboxylic acids is 1. The number of likely N-dealkylation sites (tertiary alicyclic amines) is 1. The van der Waals surface area contributed by atoms with Crippen molar-refractivity contribution in [2.45, 2.75) is 51.1 Å². The number of carbonyl (C=O) groups is 1. The highest BCUT2D eigenvalue weighted by Crippen LogP contribution is 2.18. The molecule has 98 valence electrons. The van der Waals surface area contributed by atoms with E-state index in [0.29, 0.717) is 18.6 Å². The van der Waals surface area contributed by atoms with Crippen LogP contribution < -0.4 is 10.6 Å². The average Bonchev–Trinajstić information content (AvgIpc) is 3.12. The van der Waals surface area contributed by atoms with Crippen molar-refractivity contribution in [3.8, 4) is 0 Å². The molecule has 1 aliphatic heterocycles. The van der Waals surface area contributed by atoms with Crippen LogP contribution in [0.3, 0.4) is 0 Å². The van der Waals surface area contributed by atoms with Gasteiger partial charge in [-0.3, -0.25) is 9.69 Å². The third kappa shape index (κ3) is 4.64. The molecular weight excluding hydrogens is 214 g/mol. The van der Waals surface area contributed by atoms with E-state index in [2.05, 4.69) is 22.5 Å². The number of nitrogens with zero attached hydrogens (tertiary/aromatic N) is 1. The highest BCUT2D eigenvalue weighted by Gasteiger charge is 2.25. The molecule has 0 spiro atoms. The monoisotopic (exact) mass is 239 g/mol. The van der Waals surface area contributed by atoms with Gasteiger partial charge in [-0.05, 0) is 38.6 Å². The maximum atomic E-state index is 11.6. The fraction of sp³-hybridized carbons (Fsp3) is 0.923. The molecule has 0 aromatic rings. The van der Waals surface area contributed by atoms with Crippen LogP contribution in [0.5, 0.6) is 0 Å². The van der Waals surface area contributed by atoms with Gasteiger partial charge in [-0.15, -0.1) is 0 Å². The van der Waals surface area contributed by atoms with Crippen molar-refractivity contribution in [1.82, 2.24) is 15.5 Å². The molecule has 2 rings (SSSR count). The van der Waals surface area contributed by atoms with E-state index < -0.39 is 0 Å². The Morgan fingerprint density at radius 2 is 1.88 bits per heavy atom. The Balaban J connectivity index is 1.59. The van der Waals surface area contributed by atoms with Gasteiger partial charge in [-0.25, -0.2) is 0 Å². The van der Waals surface area contributed by atoms with Crippen molar-refractivity contribution in [2.24, 2.45) is 0 Å². The summed E-state index contributed by atoms with van der Waals surface area (Å²) in [6, 6.07) is 1.16. The number of piperidine rings is 1. The standard InChI is InChI=1S/C13H25N3O/c1-2-7-14-11-5-8-16(9-6-11)10-13(17)15-12-3-4-12/h11-12,14H,2-10H2,1H3,(H,15,17). The van der Waals surface area contributed by atoms with Gasteiger partial charge in [0, 0.05) is 25.2 Å². The van der Waals surface area contributed by atoms with Gasteiger partial charge in [0.05, 0.1) is 6.54 Å². The van der Waals surface area contributed by atoms with Gasteiger partial charge in [-0.2, -0.15) is 0 Å². The van der Waals surface area contributed by atoms with Crippen LogP contribution >= 0.6 is 0 Å². The zero-order valence-corrected chi connectivity index (χ0v) is 10.9. The molecule has 2 fully saturated rings. The van der Waals surface area contributed by atoms with E-state index in [1.807, 2.05) is 0 Å². The Labute approximate surface area is 104 Å². The lowest BCUT2D eigenvalue weighted by molar-refractivity contribution is -0.122. The van der Waals surface area contributed by atoms with Gasteiger partial charge in [0.15, 0.2) is 0 Å². The number of hydrogen-bond acceptors (Lipinski definition) is 3. The molecule has 0 bridgehead atoms. The van der Waals surface area contributed by atoms with Crippen molar-refractivity contribution in [3.63, 3.8) is 0 Å². The molecule has 1 amide bonds. The predicted molar refractivity (Wildman–Crippen MR) is 68.9 cm³/mol. The van der Waals surface area contributed by atoms with E-state index in [0.717, 1.165) is 19.6 Å². The lowest BCUT2D eigenvalue weighted by Gasteiger charge is -2.31. The lowest BCUT2D eigenvalue weighted by atomic mass is 10.1. The zero-order chi connectivity index (χ0) is 12.1. The van der Waals surface area contributed by atoms with E-state index in [4.69, 9.17) is 0 Å². The van der Waals surface area contributed by atoms with Gasteiger partial charge in [-0.1, -0.05) is 6.92 Å². The van der Waals surface area contributed by atoms with Gasteiger partial charge >= 0.3 is 0 Å².